The molecule has 2 heterocycles. The Kier molecular flexibility index (Phi) is 1.76. The minimum atomic E-state index is 0.775. The molecule has 0 radical (unpaired) electrons. The number of hydrogen-bond acceptors (Lipinski definition) is 5. The first kappa shape index (κ1) is 7.60. The Hall–Kier alpha value is -1.04. The van der Waals surface area contributed by atoms with Crippen LogP contribution in [0, 0.1) is 0 Å². The van der Waals surface area contributed by atoms with Gasteiger partial charge in [0.25, 0.3) is 0 Å². The van der Waals surface area contributed by atoms with E-state index < -0.39 is 0 Å². The number of aromatic nitrogens is 3. The van der Waals surface area contributed by atoms with Gasteiger partial charge in [-0.25, -0.2) is 0 Å². The van der Waals surface area contributed by atoms with Crippen LogP contribution < -0.4 is 0 Å². The van der Waals surface area contributed by atoms with Crippen LogP contribution in [0.15, 0.2) is 10.3 Å². The summed E-state index contributed by atoms with van der Waals surface area (Å²) in [5, 5.41) is 13.0. The van der Waals surface area contributed by atoms with E-state index in [0.717, 1.165) is 17.5 Å². The van der Waals surface area contributed by atoms with E-state index in [2.05, 4.69) is 15.3 Å². The van der Waals surface area contributed by atoms with Gasteiger partial charge in [0, 0.05) is 7.05 Å². The lowest BCUT2D eigenvalue weighted by molar-refractivity contribution is 0.452. The van der Waals surface area contributed by atoms with E-state index in [4.69, 9.17) is 0 Å². The Morgan fingerprint density at radius 2 is 2.33 bits per heavy atom. The van der Waals surface area contributed by atoms with E-state index in [1.165, 1.54) is 0 Å². The van der Waals surface area contributed by atoms with Crippen LogP contribution in [0.1, 0.15) is 5.82 Å². The molecule has 0 amide bonds. The van der Waals surface area contributed by atoms with Gasteiger partial charge in [0.1, 0.15) is 6.34 Å². The maximum atomic E-state index is 4.18. The van der Waals surface area contributed by atoms with Crippen LogP contribution in [-0.2, 0) is 6.54 Å². The summed E-state index contributed by atoms with van der Waals surface area (Å²) in [6.45, 7) is 0.775. The lowest BCUT2D eigenvalue weighted by Crippen LogP contribution is -2.23. The summed E-state index contributed by atoms with van der Waals surface area (Å²) in [4.78, 5) is 1.97. The Balaban J connectivity index is 2.42. The highest BCUT2D eigenvalue weighted by Gasteiger charge is 2.14. The van der Waals surface area contributed by atoms with Gasteiger partial charge in [0.15, 0.2) is 5.82 Å². The van der Waals surface area contributed by atoms with Crippen molar-refractivity contribution >= 4 is 18.1 Å². The third kappa shape index (κ3) is 1.08. The predicted molar refractivity (Wildman–Crippen MR) is 47.2 cm³/mol. The highest BCUT2D eigenvalue weighted by atomic mass is 32.2. The first-order valence-electron chi connectivity index (χ1n) is 3.54. The average Bonchev–Trinajstić information content (AvgIpc) is 2.46. The van der Waals surface area contributed by atoms with E-state index in [9.17, 15) is 0 Å². The summed E-state index contributed by atoms with van der Waals surface area (Å²) in [6.07, 6.45) is 3.74. The van der Waals surface area contributed by atoms with Crippen molar-refractivity contribution in [1.29, 1.82) is 0 Å². The third-order valence-corrected chi connectivity index (χ3v) is 2.23. The molecule has 1 aromatic rings. The molecule has 0 N–H and O–H groups in total. The summed E-state index contributed by atoms with van der Waals surface area (Å²) in [6, 6.07) is 0. The van der Waals surface area contributed by atoms with Gasteiger partial charge in [-0.05, 0) is 6.26 Å². The topological polar surface area (TPSA) is 46.3 Å². The molecule has 1 aromatic heterocycles. The molecule has 0 fully saturated rings. The summed E-state index contributed by atoms with van der Waals surface area (Å²) in [7, 11) is 1.96. The maximum Gasteiger partial charge on any atom is 0.211 e. The number of thioether (sulfide) groups is 1. The fourth-order valence-electron chi connectivity index (χ4n) is 1.04. The first-order valence-corrected chi connectivity index (χ1v) is 4.76. The van der Waals surface area contributed by atoms with Crippen molar-refractivity contribution in [3.8, 4) is 0 Å². The fraction of sp³-hybridized carbons (Fsp3) is 0.500. The SMILES string of the molecule is CSc1nnc2n1N=CN(C)C2. The van der Waals surface area contributed by atoms with E-state index in [1.807, 2.05) is 18.2 Å². The third-order valence-electron chi connectivity index (χ3n) is 1.61. The molecule has 12 heavy (non-hydrogen) atoms. The lowest BCUT2D eigenvalue weighted by Gasteiger charge is -2.16. The second-order valence-electron chi connectivity index (χ2n) is 2.56. The van der Waals surface area contributed by atoms with Crippen LogP contribution in [0.5, 0.6) is 0 Å². The molecular weight excluding hydrogens is 174 g/mol. The Labute approximate surface area is 74.5 Å². The molecule has 64 valence electrons. The van der Waals surface area contributed by atoms with Gasteiger partial charge < -0.3 is 4.90 Å². The molecule has 0 unspecified atom stereocenters. The average molecular weight is 183 g/mol. The zero-order chi connectivity index (χ0) is 8.55. The maximum absolute atomic E-state index is 4.18. The normalized spacial score (nSPS) is 15.0. The Morgan fingerprint density at radius 3 is 3.08 bits per heavy atom. The van der Waals surface area contributed by atoms with Crippen LogP contribution in [0.4, 0.5) is 0 Å². The highest BCUT2D eigenvalue weighted by Crippen LogP contribution is 2.15. The van der Waals surface area contributed by atoms with Gasteiger partial charge >= 0.3 is 0 Å². The van der Waals surface area contributed by atoms with Crippen LogP contribution in [0.25, 0.3) is 0 Å². The van der Waals surface area contributed by atoms with Gasteiger partial charge in [-0.1, -0.05) is 11.8 Å². The second-order valence-corrected chi connectivity index (χ2v) is 3.33. The monoisotopic (exact) mass is 183 g/mol. The number of nitrogens with zero attached hydrogens (tertiary/aromatic N) is 5. The van der Waals surface area contributed by atoms with E-state index >= 15 is 0 Å². The molecule has 0 aliphatic carbocycles. The molecule has 0 atom stereocenters. The molecule has 2 rings (SSSR count). The molecule has 1 aliphatic heterocycles. The minimum absolute atomic E-state index is 0.775. The van der Waals surface area contributed by atoms with Crippen molar-refractivity contribution in [2.24, 2.45) is 5.10 Å². The van der Waals surface area contributed by atoms with Crippen molar-refractivity contribution in [2.75, 3.05) is 13.3 Å². The standard InChI is InChI=1S/C6H9N5S/c1-10-3-5-8-9-6(12-2)11(5)7-4-10/h4H,3H2,1-2H3. The largest absolute Gasteiger partial charge is 0.357 e. The summed E-state index contributed by atoms with van der Waals surface area (Å²) in [5.41, 5.74) is 0. The highest BCUT2D eigenvalue weighted by molar-refractivity contribution is 7.98. The number of hydrogen-bond donors (Lipinski definition) is 0. The van der Waals surface area contributed by atoms with E-state index in [1.54, 1.807) is 22.8 Å². The van der Waals surface area contributed by atoms with E-state index in [0.29, 0.717) is 0 Å². The molecule has 0 bridgehead atoms. The quantitative estimate of drug-likeness (QED) is 0.585. The van der Waals surface area contributed by atoms with Crippen LogP contribution in [0.2, 0.25) is 0 Å². The fourth-order valence-corrected chi connectivity index (χ4v) is 1.49. The van der Waals surface area contributed by atoms with Crippen molar-refractivity contribution in [2.45, 2.75) is 11.7 Å². The minimum Gasteiger partial charge on any atom is -0.357 e. The van der Waals surface area contributed by atoms with Crippen molar-refractivity contribution in [1.82, 2.24) is 19.8 Å². The van der Waals surface area contributed by atoms with Gasteiger partial charge in [0.05, 0.1) is 6.54 Å². The van der Waals surface area contributed by atoms with Gasteiger partial charge in [-0.15, -0.1) is 10.2 Å². The molecule has 0 saturated carbocycles. The smallest absolute Gasteiger partial charge is 0.211 e. The summed E-state index contributed by atoms with van der Waals surface area (Å²) < 4.78 is 1.77. The molecule has 1 aliphatic rings. The van der Waals surface area contributed by atoms with Crippen LogP contribution in [0.3, 0.4) is 0 Å². The zero-order valence-corrected chi connectivity index (χ0v) is 7.75. The van der Waals surface area contributed by atoms with E-state index in [-0.39, 0.29) is 0 Å². The zero-order valence-electron chi connectivity index (χ0n) is 6.93. The molecule has 0 spiro atoms. The number of rotatable bonds is 1. The molecule has 5 nitrogen and oxygen atoms in total. The second kappa shape index (κ2) is 2.78. The molecule has 0 saturated heterocycles. The molecule has 0 aromatic carbocycles. The summed E-state index contributed by atoms with van der Waals surface area (Å²) in [5.74, 6) is 0.893. The van der Waals surface area contributed by atoms with Crippen LogP contribution in [-0.4, -0.2) is 39.4 Å². The molecule has 6 heteroatoms. The van der Waals surface area contributed by atoms with Gasteiger partial charge in [-0.3, -0.25) is 0 Å². The molecular formula is C6H9N5S. The van der Waals surface area contributed by atoms with Crippen LogP contribution >= 0.6 is 11.8 Å². The number of fused-ring (bicyclic) bond motifs is 1. The van der Waals surface area contributed by atoms with Gasteiger partial charge in [0.2, 0.25) is 5.16 Å². The lowest BCUT2D eigenvalue weighted by atomic mass is 10.5. The van der Waals surface area contributed by atoms with Crippen molar-refractivity contribution in [3.63, 3.8) is 0 Å². The Morgan fingerprint density at radius 1 is 1.50 bits per heavy atom. The summed E-state index contributed by atoms with van der Waals surface area (Å²) >= 11 is 1.55. The van der Waals surface area contributed by atoms with Crippen molar-refractivity contribution < 1.29 is 0 Å². The predicted octanol–water partition coefficient (Wildman–Crippen LogP) is 0.237. The van der Waals surface area contributed by atoms with Gasteiger partial charge in [-0.2, -0.15) is 9.78 Å². The Bertz CT molecular complexity index is 318. The first-order chi connectivity index (χ1) is 5.81. The van der Waals surface area contributed by atoms with Crippen molar-refractivity contribution in [3.05, 3.63) is 5.82 Å².